The van der Waals surface area contributed by atoms with Crippen LogP contribution in [0.4, 0.5) is 0 Å². The third-order valence-electron chi connectivity index (χ3n) is 10.5. The molecule has 0 aromatic rings. The van der Waals surface area contributed by atoms with Gasteiger partial charge in [0.1, 0.15) is 6.54 Å². The molecule has 0 aromatic carbocycles. The molecule has 7 heteroatoms. The number of rotatable bonds is 6. The molecule has 2 amide bonds. The number of imide groups is 1. The maximum atomic E-state index is 11.9. The lowest BCUT2D eigenvalue weighted by atomic mass is 9.58. The van der Waals surface area contributed by atoms with Gasteiger partial charge in [-0.05, 0) is 59.7 Å². The number of likely N-dealkylation sites (tertiary alicyclic amines) is 1. The number of hydrogen-bond acceptors (Lipinski definition) is 6. The van der Waals surface area contributed by atoms with E-state index in [9.17, 15) is 19.2 Å². The van der Waals surface area contributed by atoms with Gasteiger partial charge in [0.25, 0.3) is 0 Å². The SMILES string of the molecule is CCC1CC(CC)C2C1C1CC2C(C)(CC(=O)OC)C1C.COC(=O)CN1C(=O)C(C)C(C)C1=O. The summed E-state index contributed by atoms with van der Waals surface area (Å²) in [6.45, 7) is 12.6. The van der Waals surface area contributed by atoms with E-state index in [-0.39, 0.29) is 41.6 Å². The highest BCUT2D eigenvalue weighted by Crippen LogP contribution is 2.72. The van der Waals surface area contributed by atoms with Gasteiger partial charge in [-0.25, -0.2) is 0 Å². The molecule has 35 heavy (non-hydrogen) atoms. The third-order valence-corrected chi connectivity index (χ3v) is 10.5. The Kier molecular flexibility index (Phi) is 8.37. The number of amides is 2. The van der Waals surface area contributed by atoms with Crippen molar-refractivity contribution in [2.75, 3.05) is 20.8 Å². The zero-order chi connectivity index (χ0) is 26.2. The lowest BCUT2D eigenvalue weighted by Crippen LogP contribution is -2.43. The predicted octanol–water partition coefficient (Wildman–Crippen LogP) is 4.33. The number of fused-ring (bicyclic) bond motifs is 5. The second-order valence-electron chi connectivity index (χ2n) is 11.7. The first-order valence-corrected chi connectivity index (χ1v) is 13.4. The fraction of sp³-hybridized carbons (Fsp3) is 0.857. The Hall–Kier alpha value is -1.92. The van der Waals surface area contributed by atoms with Crippen LogP contribution in [0.5, 0.6) is 0 Å². The van der Waals surface area contributed by atoms with Gasteiger partial charge in [0.2, 0.25) is 11.8 Å². The molecule has 10 atom stereocenters. The molecule has 3 saturated carbocycles. The highest BCUT2D eigenvalue weighted by atomic mass is 16.5. The molecule has 4 rings (SSSR count). The van der Waals surface area contributed by atoms with Crippen LogP contribution in [-0.4, -0.2) is 49.4 Å². The number of carbonyl (C=O) groups is 4. The van der Waals surface area contributed by atoms with Crippen molar-refractivity contribution in [3.05, 3.63) is 0 Å². The first-order chi connectivity index (χ1) is 16.5. The standard InChI is InChI=1S/C19H32O2.C9H13NO4/c1-6-12-8-13(7-2)18-15-9-14(17(12)18)11(3)19(15,4)10-16(20)21-5;1-5-6(2)9(13)10(8(5)12)4-7(11)14-3/h11-15,17-18H,6-10H2,1-5H3;5-6H,4H2,1-3H3. The van der Waals surface area contributed by atoms with Gasteiger partial charge >= 0.3 is 11.9 Å². The number of esters is 2. The Morgan fingerprint density at radius 3 is 1.89 bits per heavy atom. The topological polar surface area (TPSA) is 90.0 Å². The van der Waals surface area contributed by atoms with E-state index >= 15 is 0 Å². The van der Waals surface area contributed by atoms with E-state index < -0.39 is 5.97 Å². The second kappa shape index (κ2) is 10.6. The highest BCUT2D eigenvalue weighted by Gasteiger charge is 2.66. The van der Waals surface area contributed by atoms with E-state index in [1.165, 1.54) is 39.9 Å². The van der Waals surface area contributed by atoms with Crippen molar-refractivity contribution in [1.29, 1.82) is 0 Å². The van der Waals surface area contributed by atoms with Gasteiger partial charge in [0.05, 0.1) is 20.6 Å². The molecule has 0 aromatic heterocycles. The summed E-state index contributed by atoms with van der Waals surface area (Å²) >= 11 is 0. The molecular weight excluding hydrogens is 446 g/mol. The van der Waals surface area contributed by atoms with Crippen LogP contribution in [0.2, 0.25) is 0 Å². The van der Waals surface area contributed by atoms with Crippen LogP contribution in [0.15, 0.2) is 0 Å². The number of ether oxygens (including phenoxy) is 2. The molecule has 4 fully saturated rings. The van der Waals surface area contributed by atoms with Crippen LogP contribution in [0.25, 0.3) is 0 Å². The van der Waals surface area contributed by atoms with Crippen LogP contribution in [0, 0.1) is 58.7 Å². The molecule has 1 aliphatic heterocycles. The molecule has 0 radical (unpaired) electrons. The van der Waals surface area contributed by atoms with E-state index in [1.807, 2.05) is 0 Å². The van der Waals surface area contributed by atoms with Crippen LogP contribution in [0.1, 0.15) is 73.6 Å². The van der Waals surface area contributed by atoms with Crippen molar-refractivity contribution in [2.45, 2.75) is 73.6 Å². The minimum absolute atomic E-state index is 0.00784. The van der Waals surface area contributed by atoms with E-state index in [2.05, 4.69) is 32.4 Å². The van der Waals surface area contributed by atoms with Gasteiger partial charge in [-0.15, -0.1) is 0 Å². The monoisotopic (exact) mass is 491 g/mol. The van der Waals surface area contributed by atoms with Crippen LogP contribution in [-0.2, 0) is 28.7 Å². The number of hydrogen-bond donors (Lipinski definition) is 0. The molecule has 0 N–H and O–H groups in total. The molecule has 4 aliphatic rings. The summed E-state index contributed by atoms with van der Waals surface area (Å²) < 4.78 is 9.40. The predicted molar refractivity (Wildman–Crippen MR) is 132 cm³/mol. The maximum Gasteiger partial charge on any atom is 0.325 e. The smallest absolute Gasteiger partial charge is 0.325 e. The van der Waals surface area contributed by atoms with Gasteiger partial charge < -0.3 is 9.47 Å². The van der Waals surface area contributed by atoms with Gasteiger partial charge in [0, 0.05) is 11.8 Å². The molecule has 2 bridgehead atoms. The largest absolute Gasteiger partial charge is 0.469 e. The fourth-order valence-electron chi connectivity index (χ4n) is 8.17. The summed E-state index contributed by atoms with van der Waals surface area (Å²) in [7, 11) is 2.75. The summed E-state index contributed by atoms with van der Waals surface area (Å²) in [4.78, 5) is 46.7. The van der Waals surface area contributed by atoms with Crippen molar-refractivity contribution >= 4 is 23.8 Å². The minimum atomic E-state index is -0.576. The normalized spacial score (nSPS) is 41.5. The Morgan fingerprint density at radius 2 is 1.40 bits per heavy atom. The van der Waals surface area contributed by atoms with E-state index in [1.54, 1.807) is 13.8 Å². The third kappa shape index (κ3) is 4.64. The molecule has 7 nitrogen and oxygen atoms in total. The number of carbonyl (C=O) groups excluding carboxylic acids is 4. The Bertz CT molecular complexity index is 821. The van der Waals surface area contributed by atoms with Crippen LogP contribution in [0.3, 0.4) is 0 Å². The summed E-state index contributed by atoms with van der Waals surface area (Å²) in [6, 6.07) is 0. The Labute approximate surface area is 210 Å². The van der Waals surface area contributed by atoms with Crippen molar-refractivity contribution in [1.82, 2.24) is 4.90 Å². The van der Waals surface area contributed by atoms with Crippen LogP contribution >= 0.6 is 0 Å². The Balaban J connectivity index is 0.000000214. The Morgan fingerprint density at radius 1 is 0.886 bits per heavy atom. The fourth-order valence-corrected chi connectivity index (χ4v) is 8.17. The quantitative estimate of drug-likeness (QED) is 0.406. The molecule has 198 valence electrons. The van der Waals surface area contributed by atoms with Crippen molar-refractivity contribution in [3.8, 4) is 0 Å². The summed E-state index contributed by atoms with van der Waals surface area (Å²) in [5.41, 5.74) is 0.176. The van der Waals surface area contributed by atoms with Gasteiger partial charge in [-0.1, -0.05) is 54.4 Å². The second-order valence-corrected chi connectivity index (χ2v) is 11.7. The molecular formula is C28H45NO6. The summed E-state index contributed by atoms with van der Waals surface area (Å²) in [6.07, 6.45) is 6.11. The first kappa shape index (κ1) is 27.7. The molecule has 10 unspecified atom stereocenters. The lowest BCUT2D eigenvalue weighted by molar-refractivity contribution is -0.151. The molecule has 1 saturated heterocycles. The summed E-state index contributed by atoms with van der Waals surface area (Å²) in [5, 5.41) is 0. The molecule has 3 aliphatic carbocycles. The zero-order valence-electron chi connectivity index (χ0n) is 22.8. The molecule has 0 spiro atoms. The lowest BCUT2D eigenvalue weighted by Gasteiger charge is -2.46. The minimum Gasteiger partial charge on any atom is -0.469 e. The maximum absolute atomic E-state index is 11.9. The number of methoxy groups -OCH3 is 2. The van der Waals surface area contributed by atoms with E-state index in [0.29, 0.717) is 12.3 Å². The average Bonchev–Trinajstić information content (AvgIpc) is 3.53. The first-order valence-electron chi connectivity index (χ1n) is 13.4. The van der Waals surface area contributed by atoms with Gasteiger partial charge in [-0.3, -0.25) is 24.1 Å². The molecule has 1 heterocycles. The van der Waals surface area contributed by atoms with Crippen LogP contribution < -0.4 is 0 Å². The van der Waals surface area contributed by atoms with Crippen molar-refractivity contribution in [3.63, 3.8) is 0 Å². The van der Waals surface area contributed by atoms with E-state index in [4.69, 9.17) is 4.74 Å². The van der Waals surface area contributed by atoms with Crippen molar-refractivity contribution in [2.24, 2.45) is 58.7 Å². The zero-order valence-corrected chi connectivity index (χ0v) is 22.8. The highest BCUT2D eigenvalue weighted by molar-refractivity contribution is 6.06. The summed E-state index contributed by atoms with van der Waals surface area (Å²) in [5.74, 6) is 4.10. The average molecular weight is 492 g/mol. The number of nitrogens with zero attached hydrogens (tertiary/aromatic N) is 1. The van der Waals surface area contributed by atoms with E-state index in [0.717, 1.165) is 40.4 Å². The van der Waals surface area contributed by atoms with Crippen molar-refractivity contribution < 1.29 is 28.7 Å². The van der Waals surface area contributed by atoms with Gasteiger partial charge in [0.15, 0.2) is 0 Å². The van der Waals surface area contributed by atoms with Gasteiger partial charge in [-0.2, -0.15) is 0 Å².